The van der Waals surface area contributed by atoms with Crippen molar-refractivity contribution in [1.29, 1.82) is 0 Å². The highest BCUT2D eigenvalue weighted by Gasteiger charge is 2.20. The lowest BCUT2D eigenvalue weighted by Crippen LogP contribution is -2.35. The highest BCUT2D eigenvalue weighted by atomic mass is 35.5. The Morgan fingerprint density at radius 1 is 1.28 bits per heavy atom. The zero-order chi connectivity index (χ0) is 19.0. The van der Waals surface area contributed by atoms with E-state index in [1.54, 1.807) is 13.8 Å². The third-order valence-corrected chi connectivity index (χ3v) is 4.38. The fraction of sp³-hybridized carbons (Fsp3) is 0.556. The van der Waals surface area contributed by atoms with Crippen LogP contribution in [0.15, 0.2) is 12.1 Å². The summed E-state index contributed by atoms with van der Waals surface area (Å²) in [5.74, 6) is -0.0989. The molecule has 3 N–H and O–H groups in total. The van der Waals surface area contributed by atoms with Crippen molar-refractivity contribution in [2.24, 2.45) is 0 Å². The highest BCUT2D eigenvalue weighted by molar-refractivity contribution is 6.33. The monoisotopic (exact) mass is 369 g/mol. The summed E-state index contributed by atoms with van der Waals surface area (Å²) in [5.41, 5.74) is 6.39. The van der Waals surface area contributed by atoms with E-state index in [1.807, 2.05) is 0 Å². The average Bonchev–Trinajstić information content (AvgIpc) is 2.60. The van der Waals surface area contributed by atoms with Crippen LogP contribution in [0.2, 0.25) is 5.02 Å². The topological polar surface area (TPSA) is 84.7 Å². The molecule has 0 radical (unpaired) electrons. The van der Waals surface area contributed by atoms with Gasteiger partial charge in [0.15, 0.2) is 11.9 Å². The van der Waals surface area contributed by atoms with Gasteiger partial charge >= 0.3 is 0 Å². The van der Waals surface area contributed by atoms with Gasteiger partial charge in [0, 0.05) is 25.6 Å². The number of ether oxygens (including phenoxy) is 1. The molecule has 1 rings (SSSR count). The lowest BCUT2D eigenvalue weighted by atomic mass is 10.1. The second-order valence-electron chi connectivity index (χ2n) is 5.73. The van der Waals surface area contributed by atoms with Crippen molar-refractivity contribution in [3.05, 3.63) is 22.7 Å². The molecule has 0 aliphatic carbocycles. The van der Waals surface area contributed by atoms with Crippen molar-refractivity contribution >= 4 is 29.0 Å². The van der Waals surface area contributed by atoms with Gasteiger partial charge in [-0.15, -0.1) is 0 Å². The molecule has 1 atom stereocenters. The van der Waals surface area contributed by atoms with Crippen molar-refractivity contribution in [3.63, 3.8) is 0 Å². The summed E-state index contributed by atoms with van der Waals surface area (Å²) in [4.78, 5) is 26.5. The molecule has 6 nitrogen and oxygen atoms in total. The summed E-state index contributed by atoms with van der Waals surface area (Å²) < 4.78 is 5.67. The summed E-state index contributed by atoms with van der Waals surface area (Å²) >= 11 is 6.05. The molecule has 1 aromatic carbocycles. The summed E-state index contributed by atoms with van der Waals surface area (Å²) in [7, 11) is 0. The van der Waals surface area contributed by atoms with E-state index in [1.165, 1.54) is 12.1 Å². The van der Waals surface area contributed by atoms with Crippen LogP contribution in [-0.4, -0.2) is 48.9 Å². The number of Topliss-reactive ketones (excluding diaryl/α,β-unsaturated/α-hetero) is 1. The highest BCUT2D eigenvalue weighted by Crippen LogP contribution is 2.30. The lowest BCUT2D eigenvalue weighted by Gasteiger charge is -2.19. The number of likely N-dealkylation sites (N-methyl/N-ethyl adjacent to an activating group) is 1. The molecule has 7 heteroatoms. The maximum atomic E-state index is 12.5. The summed E-state index contributed by atoms with van der Waals surface area (Å²) in [5, 5.41) is 3.13. The number of amides is 1. The van der Waals surface area contributed by atoms with E-state index in [0.717, 1.165) is 19.6 Å². The van der Waals surface area contributed by atoms with Gasteiger partial charge in [-0.25, -0.2) is 0 Å². The van der Waals surface area contributed by atoms with Crippen LogP contribution in [0.3, 0.4) is 0 Å². The molecule has 140 valence electrons. The number of halogens is 1. The van der Waals surface area contributed by atoms with E-state index < -0.39 is 6.10 Å². The molecule has 0 aliphatic rings. The molecule has 0 aromatic heterocycles. The van der Waals surface area contributed by atoms with Crippen molar-refractivity contribution in [2.45, 2.75) is 40.2 Å². The molecule has 1 aromatic rings. The van der Waals surface area contributed by atoms with Crippen molar-refractivity contribution in [3.8, 4) is 5.75 Å². The lowest BCUT2D eigenvalue weighted by molar-refractivity contribution is -0.124. The summed E-state index contributed by atoms with van der Waals surface area (Å²) in [6.45, 7) is 10.7. The smallest absolute Gasteiger partial charge is 0.255 e. The Morgan fingerprint density at radius 2 is 1.92 bits per heavy atom. The maximum absolute atomic E-state index is 12.5. The third kappa shape index (κ3) is 6.21. The molecule has 0 saturated carbocycles. The number of rotatable bonds is 10. The Bertz CT molecular complexity index is 603. The zero-order valence-electron chi connectivity index (χ0n) is 15.4. The fourth-order valence-electron chi connectivity index (χ4n) is 2.35. The van der Waals surface area contributed by atoms with Gasteiger partial charge in [-0.1, -0.05) is 32.4 Å². The third-order valence-electron chi connectivity index (χ3n) is 4.06. The number of nitrogens with zero attached hydrogens (tertiary/aromatic N) is 1. The molecule has 0 aliphatic heterocycles. The second-order valence-corrected chi connectivity index (χ2v) is 6.14. The van der Waals surface area contributed by atoms with E-state index in [-0.39, 0.29) is 28.0 Å². The van der Waals surface area contributed by atoms with E-state index in [0.29, 0.717) is 18.7 Å². The largest absolute Gasteiger partial charge is 0.482 e. The predicted octanol–water partition coefficient (Wildman–Crippen LogP) is 2.74. The average molecular weight is 370 g/mol. The quantitative estimate of drug-likeness (QED) is 0.619. The van der Waals surface area contributed by atoms with Crippen LogP contribution in [0.4, 0.5) is 5.69 Å². The molecule has 1 unspecified atom stereocenters. The van der Waals surface area contributed by atoms with Crippen LogP contribution in [0, 0.1) is 0 Å². The maximum Gasteiger partial charge on any atom is 0.255 e. The Labute approximate surface area is 154 Å². The Morgan fingerprint density at radius 3 is 2.48 bits per heavy atom. The van der Waals surface area contributed by atoms with Gasteiger partial charge in [0.1, 0.15) is 5.75 Å². The number of nitrogens with one attached hydrogen (secondary N) is 1. The first kappa shape index (κ1) is 21.3. The number of ketones is 1. The second kappa shape index (κ2) is 10.3. The minimum atomic E-state index is -0.659. The Hall–Kier alpha value is -1.79. The number of anilines is 1. The number of hydrogen-bond donors (Lipinski definition) is 2. The molecule has 0 spiro atoms. The number of nitrogens with two attached hydrogens (primary N) is 1. The number of carbonyl (C=O) groups excluding carboxylic acids is 2. The van der Waals surface area contributed by atoms with Gasteiger partial charge in [0.2, 0.25) is 0 Å². The molecule has 0 heterocycles. The zero-order valence-corrected chi connectivity index (χ0v) is 16.2. The van der Waals surface area contributed by atoms with Gasteiger partial charge in [0.05, 0.1) is 16.3 Å². The Kier molecular flexibility index (Phi) is 8.72. The fourth-order valence-corrected chi connectivity index (χ4v) is 2.51. The van der Waals surface area contributed by atoms with Crippen LogP contribution < -0.4 is 15.8 Å². The van der Waals surface area contributed by atoms with Crippen molar-refractivity contribution in [2.75, 3.05) is 31.9 Å². The summed E-state index contributed by atoms with van der Waals surface area (Å²) in [6, 6.07) is 2.96. The van der Waals surface area contributed by atoms with Crippen molar-refractivity contribution in [1.82, 2.24) is 10.2 Å². The molecule has 1 amide bonds. The van der Waals surface area contributed by atoms with Gasteiger partial charge in [-0.05, 0) is 26.1 Å². The number of benzene rings is 1. The minimum absolute atomic E-state index is 0.0542. The SMILES string of the molecule is CCC(=O)C(C)Oc1cc(N)c(Cl)cc1C(=O)NCCN(CC)CC. The van der Waals surface area contributed by atoms with Crippen LogP contribution in [0.25, 0.3) is 0 Å². The van der Waals surface area contributed by atoms with Gasteiger partial charge in [0.25, 0.3) is 5.91 Å². The minimum Gasteiger partial charge on any atom is -0.482 e. The van der Waals surface area contributed by atoms with Crippen LogP contribution in [-0.2, 0) is 4.79 Å². The molecule has 0 saturated heterocycles. The van der Waals surface area contributed by atoms with E-state index in [9.17, 15) is 9.59 Å². The summed E-state index contributed by atoms with van der Waals surface area (Å²) in [6.07, 6.45) is -0.303. The van der Waals surface area contributed by atoms with Crippen LogP contribution >= 0.6 is 11.6 Å². The first-order valence-electron chi connectivity index (χ1n) is 8.62. The molecule has 25 heavy (non-hydrogen) atoms. The molecular formula is C18H28ClN3O3. The van der Waals surface area contributed by atoms with Gasteiger partial charge < -0.3 is 20.7 Å². The van der Waals surface area contributed by atoms with E-state index >= 15 is 0 Å². The normalized spacial score (nSPS) is 12.1. The molecule has 0 fully saturated rings. The first-order chi connectivity index (χ1) is 11.8. The van der Waals surface area contributed by atoms with E-state index in [2.05, 4.69) is 24.1 Å². The molecular weight excluding hydrogens is 342 g/mol. The van der Waals surface area contributed by atoms with Gasteiger partial charge in [-0.2, -0.15) is 0 Å². The number of hydrogen-bond acceptors (Lipinski definition) is 5. The number of carbonyl (C=O) groups is 2. The van der Waals surface area contributed by atoms with Crippen LogP contribution in [0.1, 0.15) is 44.5 Å². The predicted molar refractivity (Wildman–Crippen MR) is 101 cm³/mol. The van der Waals surface area contributed by atoms with Crippen molar-refractivity contribution < 1.29 is 14.3 Å². The van der Waals surface area contributed by atoms with Gasteiger partial charge in [-0.3, -0.25) is 9.59 Å². The van der Waals surface area contributed by atoms with E-state index in [4.69, 9.17) is 22.1 Å². The standard InChI is InChI=1S/C18H28ClN3O3/c1-5-16(23)12(4)25-17-11-15(20)14(19)10-13(17)18(24)21-8-9-22(6-2)7-3/h10-12H,5-9,20H2,1-4H3,(H,21,24). The first-order valence-corrected chi connectivity index (χ1v) is 9.00. The number of nitrogen functional groups attached to an aromatic ring is 1. The van der Waals surface area contributed by atoms with Crippen LogP contribution in [0.5, 0.6) is 5.75 Å². The Balaban J connectivity index is 2.90. The molecule has 0 bridgehead atoms.